The summed E-state index contributed by atoms with van der Waals surface area (Å²) in [5.74, 6) is 2.35. The van der Waals surface area contributed by atoms with Gasteiger partial charge >= 0.3 is 0 Å². The van der Waals surface area contributed by atoms with Gasteiger partial charge in [-0.05, 0) is 35.7 Å². The first kappa shape index (κ1) is 9.01. The Morgan fingerprint density at radius 3 is 2.87 bits per heavy atom. The minimum atomic E-state index is 0.269. The molecule has 1 heterocycles. The van der Waals surface area contributed by atoms with Crippen molar-refractivity contribution in [3.8, 4) is 0 Å². The highest BCUT2D eigenvalue weighted by molar-refractivity contribution is 5.67. The molecule has 2 unspecified atom stereocenters. The van der Waals surface area contributed by atoms with Gasteiger partial charge in [0.2, 0.25) is 0 Å². The third kappa shape index (κ3) is 1.09. The predicted molar refractivity (Wildman–Crippen MR) is 58.9 cm³/mol. The fourth-order valence-electron chi connectivity index (χ4n) is 3.05. The molecule has 4 rings (SSSR count). The Labute approximate surface area is 89.4 Å². The van der Waals surface area contributed by atoms with Gasteiger partial charge in [-0.3, -0.25) is 0 Å². The van der Waals surface area contributed by atoms with Crippen LogP contribution < -0.4 is 5.73 Å². The van der Waals surface area contributed by atoms with Crippen LogP contribution in [0.5, 0.6) is 0 Å². The Bertz CT molecular complexity index is 431. The van der Waals surface area contributed by atoms with Crippen LogP contribution in [-0.2, 0) is 0 Å². The lowest BCUT2D eigenvalue weighted by Crippen LogP contribution is -2.47. The zero-order chi connectivity index (χ0) is 10.6. The van der Waals surface area contributed by atoms with Crippen LogP contribution in [0.3, 0.4) is 0 Å². The first-order valence-electron chi connectivity index (χ1n) is 5.51. The summed E-state index contributed by atoms with van der Waals surface area (Å²) in [7, 11) is 0. The number of oxazole rings is 1. The maximum atomic E-state index is 5.51. The quantitative estimate of drug-likeness (QED) is 0.765. The molecule has 0 aromatic carbocycles. The van der Waals surface area contributed by atoms with Crippen LogP contribution >= 0.6 is 0 Å². The van der Waals surface area contributed by atoms with Gasteiger partial charge in [-0.2, -0.15) is 0 Å². The summed E-state index contributed by atoms with van der Waals surface area (Å²) in [6, 6.07) is 0.269. The van der Waals surface area contributed by atoms with E-state index in [1.165, 1.54) is 18.4 Å². The highest BCUT2D eigenvalue weighted by Gasteiger charge is 2.52. The third-order valence-corrected chi connectivity index (χ3v) is 4.28. The minimum absolute atomic E-state index is 0.269. The zero-order valence-corrected chi connectivity index (χ0v) is 9.16. The Kier molecular flexibility index (Phi) is 1.59. The van der Waals surface area contributed by atoms with Crippen LogP contribution in [0, 0.1) is 17.3 Å². The van der Waals surface area contributed by atoms with Crippen molar-refractivity contribution in [1.82, 2.24) is 4.98 Å². The minimum Gasteiger partial charge on any atom is -0.424 e. The van der Waals surface area contributed by atoms with E-state index < -0.39 is 0 Å². The molecule has 15 heavy (non-hydrogen) atoms. The second-order valence-electron chi connectivity index (χ2n) is 5.26. The summed E-state index contributed by atoms with van der Waals surface area (Å²) in [6.45, 7) is 4.69. The van der Waals surface area contributed by atoms with Gasteiger partial charge in [0, 0.05) is 0 Å². The summed E-state index contributed by atoms with van der Waals surface area (Å²) in [5.41, 5.74) is 7.24. The number of allylic oxidation sites excluding steroid dienone is 2. The molecular formula is C12H16N2O. The smallest absolute Gasteiger partial charge is 0.292 e. The first-order chi connectivity index (χ1) is 7.09. The van der Waals surface area contributed by atoms with Crippen molar-refractivity contribution in [3.63, 3.8) is 0 Å². The van der Waals surface area contributed by atoms with Gasteiger partial charge in [-0.1, -0.05) is 19.9 Å². The molecule has 80 valence electrons. The summed E-state index contributed by atoms with van der Waals surface area (Å²) < 4.78 is 5.41. The van der Waals surface area contributed by atoms with Crippen molar-refractivity contribution in [3.05, 3.63) is 18.0 Å². The van der Waals surface area contributed by atoms with Gasteiger partial charge in [0.05, 0.1) is 6.20 Å². The molecule has 1 saturated carbocycles. The molecule has 3 aliphatic carbocycles. The molecule has 1 aromatic rings. The number of nitrogens with zero attached hydrogens (tertiary/aromatic N) is 1. The lowest BCUT2D eigenvalue weighted by Gasteiger charge is -2.56. The van der Waals surface area contributed by atoms with Crippen molar-refractivity contribution in [2.24, 2.45) is 17.3 Å². The average molecular weight is 204 g/mol. The number of fused-ring (bicyclic) bond motifs is 1. The standard InChI is InChI=1S/C12H16N2O/c1-12(2)7-3-4-8(9(12)5-7)10-6-14-11(13)15-10/h4,6-7,9H,3,5H2,1-2H3,(H2,13,14). The molecule has 1 fully saturated rings. The van der Waals surface area contributed by atoms with E-state index in [1.807, 2.05) is 0 Å². The number of nitrogens with two attached hydrogens (primary N) is 1. The number of hydrogen-bond acceptors (Lipinski definition) is 3. The van der Waals surface area contributed by atoms with Crippen LogP contribution in [0.1, 0.15) is 32.4 Å². The van der Waals surface area contributed by atoms with Crippen molar-refractivity contribution in [2.75, 3.05) is 5.73 Å². The fourth-order valence-corrected chi connectivity index (χ4v) is 3.05. The van der Waals surface area contributed by atoms with Crippen LogP contribution in [0.15, 0.2) is 16.7 Å². The van der Waals surface area contributed by atoms with E-state index in [0.717, 1.165) is 11.7 Å². The van der Waals surface area contributed by atoms with Crippen molar-refractivity contribution >= 4 is 11.6 Å². The van der Waals surface area contributed by atoms with E-state index >= 15 is 0 Å². The van der Waals surface area contributed by atoms with Crippen LogP contribution in [0.25, 0.3) is 5.57 Å². The fraction of sp³-hybridized carbons (Fsp3) is 0.583. The van der Waals surface area contributed by atoms with Crippen molar-refractivity contribution < 1.29 is 4.42 Å². The SMILES string of the molecule is CC1(C)C2CC=C(c3cnc(N)o3)C1C2. The molecule has 0 aliphatic heterocycles. The van der Waals surface area contributed by atoms with Gasteiger partial charge in [0.15, 0.2) is 5.76 Å². The van der Waals surface area contributed by atoms with Gasteiger partial charge in [-0.25, -0.2) is 4.98 Å². The van der Waals surface area contributed by atoms with Gasteiger partial charge in [0.1, 0.15) is 0 Å². The van der Waals surface area contributed by atoms with E-state index in [9.17, 15) is 0 Å². The van der Waals surface area contributed by atoms with Gasteiger partial charge < -0.3 is 10.2 Å². The molecule has 1 aromatic heterocycles. The number of hydrogen-bond donors (Lipinski definition) is 1. The maximum Gasteiger partial charge on any atom is 0.292 e. The lowest BCUT2D eigenvalue weighted by atomic mass is 9.48. The Hall–Kier alpha value is -1.25. The summed E-state index contributed by atoms with van der Waals surface area (Å²) in [5, 5.41) is 0. The Morgan fingerprint density at radius 1 is 1.53 bits per heavy atom. The normalized spacial score (nSPS) is 32.0. The summed E-state index contributed by atoms with van der Waals surface area (Å²) in [4.78, 5) is 3.96. The monoisotopic (exact) mass is 204 g/mol. The first-order valence-corrected chi connectivity index (χ1v) is 5.51. The van der Waals surface area contributed by atoms with E-state index in [1.54, 1.807) is 6.20 Å². The topological polar surface area (TPSA) is 52.0 Å². The average Bonchev–Trinajstić information content (AvgIpc) is 2.64. The number of aromatic nitrogens is 1. The maximum absolute atomic E-state index is 5.51. The predicted octanol–water partition coefficient (Wildman–Crippen LogP) is 2.71. The van der Waals surface area contributed by atoms with Gasteiger partial charge in [-0.15, -0.1) is 0 Å². The number of nitrogen functional groups attached to an aromatic ring is 1. The Morgan fingerprint density at radius 2 is 2.33 bits per heavy atom. The van der Waals surface area contributed by atoms with E-state index in [-0.39, 0.29) is 6.01 Å². The second-order valence-corrected chi connectivity index (χ2v) is 5.26. The molecule has 0 radical (unpaired) electrons. The van der Waals surface area contributed by atoms with Crippen molar-refractivity contribution in [1.29, 1.82) is 0 Å². The molecule has 3 aliphatic rings. The molecule has 2 atom stereocenters. The highest BCUT2D eigenvalue weighted by Crippen LogP contribution is 2.61. The van der Waals surface area contributed by atoms with E-state index in [2.05, 4.69) is 24.9 Å². The zero-order valence-electron chi connectivity index (χ0n) is 9.16. The lowest BCUT2D eigenvalue weighted by molar-refractivity contribution is 0.0103. The van der Waals surface area contributed by atoms with Crippen LogP contribution in [0.4, 0.5) is 6.01 Å². The summed E-state index contributed by atoms with van der Waals surface area (Å²) in [6.07, 6.45) is 6.50. The third-order valence-electron chi connectivity index (χ3n) is 4.28. The van der Waals surface area contributed by atoms with Crippen LogP contribution in [0.2, 0.25) is 0 Å². The summed E-state index contributed by atoms with van der Waals surface area (Å²) >= 11 is 0. The van der Waals surface area contributed by atoms with Gasteiger partial charge in [0.25, 0.3) is 6.01 Å². The molecule has 0 spiro atoms. The largest absolute Gasteiger partial charge is 0.424 e. The number of rotatable bonds is 1. The molecular weight excluding hydrogens is 188 g/mol. The molecule has 0 amide bonds. The molecule has 2 bridgehead atoms. The van der Waals surface area contributed by atoms with Crippen molar-refractivity contribution in [2.45, 2.75) is 26.7 Å². The molecule has 0 saturated heterocycles. The second kappa shape index (κ2) is 2.65. The molecule has 3 heteroatoms. The Balaban J connectivity index is 1.98. The highest BCUT2D eigenvalue weighted by atomic mass is 16.4. The van der Waals surface area contributed by atoms with E-state index in [0.29, 0.717) is 11.3 Å². The van der Waals surface area contributed by atoms with Crippen LogP contribution in [-0.4, -0.2) is 4.98 Å². The molecule has 2 N–H and O–H groups in total. The molecule has 3 nitrogen and oxygen atoms in total. The number of anilines is 1. The van der Waals surface area contributed by atoms with E-state index in [4.69, 9.17) is 10.2 Å².